The zero-order valence-electron chi connectivity index (χ0n) is 16.3. The molecular formula is C20H22F4N2O2S2. The fourth-order valence-electron chi connectivity index (χ4n) is 3.28. The average Bonchev–Trinajstić information content (AvgIpc) is 2.67. The summed E-state index contributed by atoms with van der Waals surface area (Å²) < 4.78 is 78.9. The van der Waals surface area contributed by atoms with Crippen LogP contribution in [0, 0.1) is 12.7 Å². The van der Waals surface area contributed by atoms with E-state index in [-0.39, 0.29) is 37.6 Å². The Morgan fingerprint density at radius 2 is 1.67 bits per heavy atom. The molecule has 0 amide bonds. The average molecular weight is 463 g/mol. The van der Waals surface area contributed by atoms with Crippen LogP contribution in [0.4, 0.5) is 23.2 Å². The maximum absolute atomic E-state index is 14.5. The minimum Gasteiger partial charge on any atom is -0.366 e. The van der Waals surface area contributed by atoms with Gasteiger partial charge in [0.15, 0.2) is 0 Å². The number of halogens is 4. The second-order valence-corrected chi connectivity index (χ2v) is 10.1. The lowest BCUT2D eigenvalue weighted by Gasteiger charge is -2.35. The van der Waals surface area contributed by atoms with Crippen LogP contribution in [0.5, 0.6) is 0 Å². The molecule has 0 N–H and O–H groups in total. The third-order valence-corrected chi connectivity index (χ3v) is 7.87. The molecule has 0 aliphatic carbocycles. The molecule has 1 aliphatic rings. The van der Waals surface area contributed by atoms with E-state index >= 15 is 0 Å². The van der Waals surface area contributed by atoms with Crippen LogP contribution in [-0.2, 0) is 15.8 Å². The maximum Gasteiger partial charge on any atom is 0.398 e. The SMILES string of the molecule is Cc1cc(F)c(N2CCN(S(=O)(=O)Cc3ccccc3)CC2)cc1SCC(F)(F)F. The van der Waals surface area contributed by atoms with E-state index in [1.807, 2.05) is 6.07 Å². The Morgan fingerprint density at radius 3 is 2.27 bits per heavy atom. The summed E-state index contributed by atoms with van der Waals surface area (Å²) in [5.41, 5.74) is 1.33. The normalized spacial score (nSPS) is 16.1. The predicted octanol–water partition coefficient (Wildman–Crippen LogP) is 4.44. The summed E-state index contributed by atoms with van der Waals surface area (Å²) >= 11 is 0.622. The minimum atomic E-state index is -4.32. The molecule has 1 heterocycles. The Kier molecular flexibility index (Phi) is 6.98. The summed E-state index contributed by atoms with van der Waals surface area (Å²) in [6.07, 6.45) is -4.32. The number of sulfonamides is 1. The highest BCUT2D eigenvalue weighted by Crippen LogP contribution is 2.34. The van der Waals surface area contributed by atoms with E-state index in [2.05, 4.69) is 0 Å². The van der Waals surface area contributed by atoms with E-state index in [9.17, 15) is 26.0 Å². The Hall–Kier alpha value is -1.78. The monoisotopic (exact) mass is 462 g/mol. The highest BCUT2D eigenvalue weighted by atomic mass is 32.2. The first-order valence-corrected chi connectivity index (χ1v) is 11.9. The van der Waals surface area contributed by atoms with Gasteiger partial charge in [0.1, 0.15) is 5.82 Å². The summed E-state index contributed by atoms with van der Waals surface area (Å²) in [6.45, 7) is 2.47. The van der Waals surface area contributed by atoms with Crippen molar-refractivity contribution in [2.24, 2.45) is 0 Å². The number of alkyl halides is 3. The van der Waals surface area contributed by atoms with Gasteiger partial charge in [-0.2, -0.15) is 17.5 Å². The number of benzene rings is 2. The molecule has 0 saturated carbocycles. The number of aryl methyl sites for hydroxylation is 1. The van der Waals surface area contributed by atoms with Gasteiger partial charge >= 0.3 is 6.18 Å². The molecule has 0 atom stereocenters. The molecule has 2 aromatic rings. The third-order valence-electron chi connectivity index (χ3n) is 4.80. The van der Waals surface area contributed by atoms with E-state index in [1.165, 1.54) is 16.4 Å². The van der Waals surface area contributed by atoms with Crippen molar-refractivity contribution in [3.8, 4) is 0 Å². The fourth-order valence-corrected chi connectivity index (χ4v) is 5.60. The summed E-state index contributed by atoms with van der Waals surface area (Å²) in [5.74, 6) is -1.68. The van der Waals surface area contributed by atoms with Gasteiger partial charge in [0.2, 0.25) is 10.0 Å². The molecule has 4 nitrogen and oxygen atoms in total. The van der Waals surface area contributed by atoms with Gasteiger partial charge in [-0.1, -0.05) is 30.3 Å². The molecule has 0 unspecified atom stereocenters. The number of nitrogens with zero attached hydrogens (tertiary/aromatic N) is 2. The van der Waals surface area contributed by atoms with Crippen molar-refractivity contribution in [1.82, 2.24) is 4.31 Å². The van der Waals surface area contributed by atoms with Gasteiger partial charge in [-0.05, 0) is 30.2 Å². The third kappa shape index (κ3) is 5.89. The number of anilines is 1. The predicted molar refractivity (Wildman–Crippen MR) is 111 cm³/mol. The van der Waals surface area contributed by atoms with Gasteiger partial charge in [0, 0.05) is 31.1 Å². The van der Waals surface area contributed by atoms with Crippen LogP contribution in [0.15, 0.2) is 47.4 Å². The Morgan fingerprint density at radius 1 is 1.03 bits per heavy atom. The van der Waals surface area contributed by atoms with E-state index < -0.39 is 27.8 Å². The Bertz CT molecular complexity index is 974. The molecule has 1 fully saturated rings. The van der Waals surface area contributed by atoms with Crippen molar-refractivity contribution < 1.29 is 26.0 Å². The molecular weight excluding hydrogens is 440 g/mol. The van der Waals surface area contributed by atoms with Crippen LogP contribution >= 0.6 is 11.8 Å². The number of rotatable bonds is 6. The van der Waals surface area contributed by atoms with Gasteiger partial charge in [-0.3, -0.25) is 0 Å². The molecule has 164 valence electrons. The molecule has 3 rings (SSSR count). The summed E-state index contributed by atoms with van der Waals surface area (Å²) in [4.78, 5) is 2.05. The van der Waals surface area contributed by atoms with Crippen molar-refractivity contribution in [1.29, 1.82) is 0 Å². The first-order chi connectivity index (χ1) is 14.0. The molecule has 0 radical (unpaired) electrons. The standard InChI is InChI=1S/C20H22F4N2O2S2/c1-15-11-17(21)18(12-19(15)29-14-20(22,23)24)25-7-9-26(10-8-25)30(27,28)13-16-5-3-2-4-6-16/h2-6,11-12H,7-10,13-14H2,1H3. The van der Waals surface area contributed by atoms with E-state index in [4.69, 9.17) is 0 Å². The molecule has 2 aromatic carbocycles. The van der Waals surface area contributed by atoms with Crippen LogP contribution in [0.2, 0.25) is 0 Å². The maximum atomic E-state index is 14.5. The van der Waals surface area contributed by atoms with Gasteiger partial charge in [0.05, 0.1) is 17.2 Å². The highest BCUT2D eigenvalue weighted by Gasteiger charge is 2.30. The quantitative estimate of drug-likeness (QED) is 0.470. The molecule has 0 aromatic heterocycles. The lowest BCUT2D eigenvalue weighted by molar-refractivity contribution is -0.105. The number of piperazine rings is 1. The zero-order valence-corrected chi connectivity index (χ0v) is 18.0. The van der Waals surface area contributed by atoms with Crippen LogP contribution in [0.3, 0.4) is 0 Å². The van der Waals surface area contributed by atoms with Crippen molar-refractivity contribution in [2.45, 2.75) is 23.7 Å². The fraction of sp³-hybridized carbons (Fsp3) is 0.400. The van der Waals surface area contributed by atoms with E-state index in [0.29, 0.717) is 27.8 Å². The van der Waals surface area contributed by atoms with E-state index in [0.717, 1.165) is 0 Å². The Balaban J connectivity index is 1.68. The van der Waals surface area contributed by atoms with Crippen LogP contribution in [0.1, 0.15) is 11.1 Å². The van der Waals surface area contributed by atoms with Crippen LogP contribution in [-0.4, -0.2) is 50.8 Å². The van der Waals surface area contributed by atoms with Crippen molar-refractivity contribution in [3.63, 3.8) is 0 Å². The zero-order chi connectivity index (χ0) is 21.9. The van der Waals surface area contributed by atoms with Crippen molar-refractivity contribution in [2.75, 3.05) is 36.8 Å². The van der Waals surface area contributed by atoms with E-state index in [1.54, 1.807) is 36.1 Å². The number of hydrogen-bond acceptors (Lipinski definition) is 4. The molecule has 10 heteroatoms. The number of hydrogen-bond donors (Lipinski definition) is 0. The van der Waals surface area contributed by atoms with Gasteiger partial charge in [-0.15, -0.1) is 11.8 Å². The van der Waals surface area contributed by atoms with Crippen molar-refractivity contribution >= 4 is 27.5 Å². The highest BCUT2D eigenvalue weighted by molar-refractivity contribution is 7.99. The van der Waals surface area contributed by atoms with Crippen molar-refractivity contribution in [3.05, 3.63) is 59.4 Å². The lowest BCUT2D eigenvalue weighted by Crippen LogP contribution is -2.49. The largest absolute Gasteiger partial charge is 0.398 e. The lowest BCUT2D eigenvalue weighted by atomic mass is 10.2. The molecule has 1 saturated heterocycles. The Labute approximate surface area is 177 Å². The van der Waals surface area contributed by atoms with Gasteiger partial charge in [0.25, 0.3) is 0 Å². The summed E-state index contributed by atoms with van der Waals surface area (Å²) in [7, 11) is -3.51. The molecule has 1 aliphatic heterocycles. The van der Waals surface area contributed by atoms with Gasteiger partial charge in [-0.25, -0.2) is 12.8 Å². The molecule has 0 spiro atoms. The van der Waals surface area contributed by atoms with Crippen LogP contribution in [0.25, 0.3) is 0 Å². The smallest absolute Gasteiger partial charge is 0.366 e. The number of thioether (sulfide) groups is 1. The second-order valence-electron chi connectivity index (χ2n) is 7.10. The summed E-state index contributed by atoms with van der Waals surface area (Å²) in [6, 6.07) is 11.5. The molecule has 0 bridgehead atoms. The topological polar surface area (TPSA) is 40.6 Å². The second kappa shape index (κ2) is 9.15. The van der Waals surface area contributed by atoms with Gasteiger partial charge < -0.3 is 4.90 Å². The molecule has 30 heavy (non-hydrogen) atoms. The van der Waals surface area contributed by atoms with Crippen LogP contribution < -0.4 is 4.90 Å². The first-order valence-electron chi connectivity index (χ1n) is 9.31. The minimum absolute atomic E-state index is 0.106. The first kappa shape index (κ1) is 22.9. The summed E-state index contributed by atoms with van der Waals surface area (Å²) in [5, 5.41) is 0.